The van der Waals surface area contributed by atoms with Gasteiger partial charge in [-0.25, -0.2) is 0 Å². The van der Waals surface area contributed by atoms with Crippen molar-refractivity contribution in [2.45, 2.75) is 26.7 Å². The Balaban J connectivity index is 3.35. The standard InChI is InChI=1S/C12H16O2/c1-4-10-9(8-13)6-7-12(14-3)11(10)5-2/h6-8H,4-5H2,1-3H3. The Kier molecular flexibility index (Phi) is 3.69. The third kappa shape index (κ3) is 1.79. The van der Waals surface area contributed by atoms with E-state index in [-0.39, 0.29) is 0 Å². The van der Waals surface area contributed by atoms with Gasteiger partial charge in [0.25, 0.3) is 0 Å². The van der Waals surface area contributed by atoms with Gasteiger partial charge in [-0.05, 0) is 36.1 Å². The van der Waals surface area contributed by atoms with Crippen LogP contribution >= 0.6 is 0 Å². The molecule has 1 aromatic carbocycles. The predicted molar refractivity (Wildman–Crippen MR) is 57.1 cm³/mol. The van der Waals surface area contributed by atoms with E-state index in [2.05, 4.69) is 13.8 Å². The van der Waals surface area contributed by atoms with Crippen LogP contribution in [0.2, 0.25) is 0 Å². The van der Waals surface area contributed by atoms with Crippen molar-refractivity contribution in [1.82, 2.24) is 0 Å². The molecule has 0 aromatic heterocycles. The van der Waals surface area contributed by atoms with Crippen LogP contribution in [0.3, 0.4) is 0 Å². The molecule has 2 nitrogen and oxygen atoms in total. The zero-order chi connectivity index (χ0) is 10.6. The molecule has 2 heteroatoms. The minimum absolute atomic E-state index is 0.783. The molecule has 0 fully saturated rings. The maximum Gasteiger partial charge on any atom is 0.150 e. The zero-order valence-electron chi connectivity index (χ0n) is 8.96. The van der Waals surface area contributed by atoms with E-state index in [0.717, 1.165) is 41.6 Å². The lowest BCUT2D eigenvalue weighted by atomic mass is 9.97. The first kappa shape index (κ1) is 10.8. The van der Waals surface area contributed by atoms with Crippen LogP contribution in [0.15, 0.2) is 12.1 Å². The highest BCUT2D eigenvalue weighted by atomic mass is 16.5. The lowest BCUT2D eigenvalue weighted by Gasteiger charge is -2.13. The van der Waals surface area contributed by atoms with Crippen LogP contribution in [0.1, 0.15) is 35.3 Å². The summed E-state index contributed by atoms with van der Waals surface area (Å²) >= 11 is 0. The van der Waals surface area contributed by atoms with Crippen LogP contribution in [0, 0.1) is 0 Å². The highest BCUT2D eigenvalue weighted by molar-refractivity contribution is 5.78. The van der Waals surface area contributed by atoms with Crippen molar-refractivity contribution < 1.29 is 9.53 Å². The number of carbonyl (C=O) groups excluding carboxylic acids is 1. The van der Waals surface area contributed by atoms with Gasteiger partial charge < -0.3 is 4.74 Å². The van der Waals surface area contributed by atoms with E-state index in [4.69, 9.17) is 4.74 Å². The van der Waals surface area contributed by atoms with Crippen molar-refractivity contribution in [3.63, 3.8) is 0 Å². The molecule has 0 bridgehead atoms. The summed E-state index contributed by atoms with van der Waals surface area (Å²) in [5.74, 6) is 0.884. The number of aldehydes is 1. The van der Waals surface area contributed by atoms with Crippen molar-refractivity contribution in [2.75, 3.05) is 7.11 Å². The normalized spacial score (nSPS) is 9.93. The summed E-state index contributed by atoms with van der Waals surface area (Å²) in [6.45, 7) is 4.13. The molecule has 0 saturated carbocycles. The SMILES string of the molecule is CCc1c(C=O)ccc(OC)c1CC. The number of rotatable bonds is 4. The molecule has 1 rings (SSSR count). The van der Waals surface area contributed by atoms with Gasteiger partial charge in [0.2, 0.25) is 0 Å². The van der Waals surface area contributed by atoms with Crippen molar-refractivity contribution >= 4 is 6.29 Å². The van der Waals surface area contributed by atoms with Gasteiger partial charge in [-0.2, -0.15) is 0 Å². The van der Waals surface area contributed by atoms with Crippen LogP contribution in [0.25, 0.3) is 0 Å². The fraction of sp³-hybridized carbons (Fsp3) is 0.417. The number of methoxy groups -OCH3 is 1. The minimum Gasteiger partial charge on any atom is -0.496 e. The highest BCUT2D eigenvalue weighted by Gasteiger charge is 2.10. The maximum atomic E-state index is 10.8. The van der Waals surface area contributed by atoms with E-state index < -0.39 is 0 Å². The van der Waals surface area contributed by atoms with Gasteiger partial charge in [0.15, 0.2) is 0 Å². The highest BCUT2D eigenvalue weighted by Crippen LogP contribution is 2.25. The van der Waals surface area contributed by atoms with Crippen LogP contribution in [-0.2, 0) is 12.8 Å². The molecule has 0 aliphatic carbocycles. The van der Waals surface area contributed by atoms with E-state index in [1.54, 1.807) is 7.11 Å². The average Bonchev–Trinajstić information content (AvgIpc) is 2.26. The lowest BCUT2D eigenvalue weighted by Crippen LogP contribution is -2.00. The molecule has 0 N–H and O–H groups in total. The quantitative estimate of drug-likeness (QED) is 0.685. The Labute approximate surface area is 84.9 Å². The Morgan fingerprint density at radius 3 is 2.29 bits per heavy atom. The van der Waals surface area contributed by atoms with Gasteiger partial charge in [-0.1, -0.05) is 13.8 Å². The number of hydrogen-bond acceptors (Lipinski definition) is 2. The van der Waals surface area contributed by atoms with E-state index in [1.807, 2.05) is 12.1 Å². The minimum atomic E-state index is 0.783. The van der Waals surface area contributed by atoms with E-state index in [9.17, 15) is 4.79 Å². The Bertz CT molecular complexity index is 329. The van der Waals surface area contributed by atoms with Gasteiger partial charge in [-0.15, -0.1) is 0 Å². The van der Waals surface area contributed by atoms with Crippen molar-refractivity contribution in [2.24, 2.45) is 0 Å². The van der Waals surface area contributed by atoms with Crippen LogP contribution in [0.5, 0.6) is 5.75 Å². The van der Waals surface area contributed by atoms with Gasteiger partial charge in [-0.3, -0.25) is 4.79 Å². The Morgan fingerprint density at radius 2 is 1.86 bits per heavy atom. The molecule has 0 aliphatic rings. The first-order chi connectivity index (χ1) is 6.78. The molecule has 0 radical (unpaired) electrons. The smallest absolute Gasteiger partial charge is 0.150 e. The van der Waals surface area contributed by atoms with Crippen molar-refractivity contribution in [3.8, 4) is 5.75 Å². The molecule has 0 atom stereocenters. The molecule has 0 heterocycles. The van der Waals surface area contributed by atoms with Crippen molar-refractivity contribution in [3.05, 3.63) is 28.8 Å². The summed E-state index contributed by atoms with van der Waals surface area (Å²) in [5.41, 5.74) is 3.05. The zero-order valence-corrected chi connectivity index (χ0v) is 8.96. The molecule has 0 aliphatic heterocycles. The monoisotopic (exact) mass is 192 g/mol. The molecule has 0 unspecified atom stereocenters. The van der Waals surface area contributed by atoms with Gasteiger partial charge in [0.05, 0.1) is 7.11 Å². The molecule has 0 spiro atoms. The van der Waals surface area contributed by atoms with Crippen molar-refractivity contribution in [1.29, 1.82) is 0 Å². The fourth-order valence-electron chi connectivity index (χ4n) is 1.80. The molecule has 1 aromatic rings. The lowest BCUT2D eigenvalue weighted by molar-refractivity contribution is 0.112. The summed E-state index contributed by atoms with van der Waals surface area (Å²) < 4.78 is 5.26. The van der Waals surface area contributed by atoms with Gasteiger partial charge >= 0.3 is 0 Å². The summed E-state index contributed by atoms with van der Waals surface area (Å²) in [6.07, 6.45) is 2.68. The molecule has 76 valence electrons. The number of benzene rings is 1. The van der Waals surface area contributed by atoms with E-state index in [1.165, 1.54) is 0 Å². The molecular weight excluding hydrogens is 176 g/mol. The fourth-order valence-corrected chi connectivity index (χ4v) is 1.80. The van der Waals surface area contributed by atoms with Gasteiger partial charge in [0.1, 0.15) is 12.0 Å². The molecular formula is C12H16O2. The second-order valence-corrected chi connectivity index (χ2v) is 3.14. The largest absolute Gasteiger partial charge is 0.496 e. The Morgan fingerprint density at radius 1 is 1.21 bits per heavy atom. The average molecular weight is 192 g/mol. The second-order valence-electron chi connectivity index (χ2n) is 3.14. The van der Waals surface area contributed by atoms with E-state index >= 15 is 0 Å². The maximum absolute atomic E-state index is 10.8. The summed E-state index contributed by atoms with van der Waals surface area (Å²) in [7, 11) is 1.66. The predicted octanol–water partition coefficient (Wildman–Crippen LogP) is 2.63. The van der Waals surface area contributed by atoms with Crippen LogP contribution < -0.4 is 4.74 Å². The summed E-state index contributed by atoms with van der Waals surface area (Å²) in [6, 6.07) is 3.69. The first-order valence-corrected chi connectivity index (χ1v) is 4.92. The topological polar surface area (TPSA) is 26.3 Å². The van der Waals surface area contributed by atoms with Crippen LogP contribution in [0.4, 0.5) is 0 Å². The van der Waals surface area contributed by atoms with Gasteiger partial charge in [0, 0.05) is 5.56 Å². The number of hydrogen-bond donors (Lipinski definition) is 0. The third-order valence-electron chi connectivity index (χ3n) is 2.48. The van der Waals surface area contributed by atoms with E-state index in [0.29, 0.717) is 0 Å². The first-order valence-electron chi connectivity index (χ1n) is 4.92. The summed E-state index contributed by atoms with van der Waals surface area (Å²) in [5, 5.41) is 0. The third-order valence-corrected chi connectivity index (χ3v) is 2.48. The molecule has 14 heavy (non-hydrogen) atoms. The Hall–Kier alpha value is -1.31. The number of ether oxygens (including phenoxy) is 1. The van der Waals surface area contributed by atoms with Crippen LogP contribution in [-0.4, -0.2) is 13.4 Å². The molecule has 0 amide bonds. The number of carbonyl (C=O) groups is 1. The summed E-state index contributed by atoms with van der Waals surface area (Å²) in [4.78, 5) is 10.8. The molecule has 0 saturated heterocycles. The second kappa shape index (κ2) is 4.80.